The van der Waals surface area contributed by atoms with Crippen LogP contribution in [0.15, 0.2) is 42.5 Å². The van der Waals surface area contributed by atoms with Crippen LogP contribution >= 0.6 is 23.2 Å². The molecule has 10 heteroatoms. The van der Waals surface area contributed by atoms with Gasteiger partial charge in [0.1, 0.15) is 5.75 Å². The maximum Gasteiger partial charge on any atom is 0.323 e. The summed E-state index contributed by atoms with van der Waals surface area (Å²) in [6.07, 6.45) is 0. The van der Waals surface area contributed by atoms with Crippen LogP contribution in [0, 0.1) is 0 Å². The van der Waals surface area contributed by atoms with Crippen molar-refractivity contribution in [1.29, 1.82) is 0 Å². The van der Waals surface area contributed by atoms with Crippen LogP contribution in [-0.2, 0) is 12.1 Å². The Kier molecular flexibility index (Phi) is 5.75. The minimum atomic E-state index is -0.705. The number of hydrogen-bond donors (Lipinski definition) is 3. The molecular formula is C22H21Cl2N5O3. The first kappa shape index (κ1) is 22.0. The highest BCUT2D eigenvalue weighted by Gasteiger charge is 2.44. The van der Waals surface area contributed by atoms with Gasteiger partial charge in [0.15, 0.2) is 5.82 Å². The number of para-hydroxylation sites is 1. The lowest BCUT2D eigenvalue weighted by Crippen LogP contribution is -2.43. The fourth-order valence-corrected chi connectivity index (χ4v) is 4.15. The van der Waals surface area contributed by atoms with Crippen molar-refractivity contribution in [2.24, 2.45) is 0 Å². The molecule has 3 aromatic rings. The lowest BCUT2D eigenvalue weighted by molar-refractivity contribution is 0.102. The molecule has 3 N–H and O–H groups in total. The maximum absolute atomic E-state index is 13.1. The van der Waals surface area contributed by atoms with Crippen LogP contribution in [0.4, 0.5) is 16.3 Å². The third-order valence-corrected chi connectivity index (χ3v) is 6.12. The number of methoxy groups -OCH3 is 1. The summed E-state index contributed by atoms with van der Waals surface area (Å²) in [5.41, 5.74) is 1.57. The molecule has 4 rings (SSSR count). The van der Waals surface area contributed by atoms with E-state index in [-0.39, 0.29) is 18.5 Å². The van der Waals surface area contributed by atoms with Crippen molar-refractivity contribution in [3.63, 3.8) is 0 Å². The van der Waals surface area contributed by atoms with Crippen LogP contribution in [0.25, 0.3) is 0 Å². The van der Waals surface area contributed by atoms with Gasteiger partial charge in [-0.2, -0.15) is 5.10 Å². The number of carbonyl (C=O) groups excluding carboxylic acids is 2. The van der Waals surface area contributed by atoms with Gasteiger partial charge in [-0.05, 0) is 50.2 Å². The molecular weight excluding hydrogens is 453 g/mol. The molecule has 2 aromatic carbocycles. The molecule has 0 saturated heterocycles. The number of ether oxygens (including phenoxy) is 1. The number of benzene rings is 2. The van der Waals surface area contributed by atoms with Gasteiger partial charge in [0.05, 0.1) is 40.6 Å². The van der Waals surface area contributed by atoms with Crippen molar-refractivity contribution in [2.45, 2.75) is 25.9 Å². The normalized spacial score (nSPS) is 14.1. The number of aromatic amines is 1. The first-order valence-corrected chi connectivity index (χ1v) is 10.5. The molecule has 166 valence electrons. The van der Waals surface area contributed by atoms with Crippen LogP contribution < -0.4 is 15.4 Å². The monoisotopic (exact) mass is 473 g/mol. The highest BCUT2D eigenvalue weighted by Crippen LogP contribution is 2.41. The minimum Gasteiger partial charge on any atom is -0.497 e. The van der Waals surface area contributed by atoms with Gasteiger partial charge in [0.25, 0.3) is 5.91 Å². The van der Waals surface area contributed by atoms with Crippen LogP contribution in [0.5, 0.6) is 5.75 Å². The SMILES string of the molecule is COc1ccc(C(=O)Nc2n[nH]c3c2CN(C(=O)Nc2c(Cl)cccc2Cl)C3(C)C)cc1. The van der Waals surface area contributed by atoms with Gasteiger partial charge in [0.2, 0.25) is 0 Å². The molecule has 32 heavy (non-hydrogen) atoms. The molecule has 0 unspecified atom stereocenters. The molecule has 0 saturated carbocycles. The Labute approximate surface area is 194 Å². The third-order valence-electron chi connectivity index (χ3n) is 5.49. The quantitative estimate of drug-likeness (QED) is 0.480. The molecule has 0 atom stereocenters. The molecule has 0 fully saturated rings. The summed E-state index contributed by atoms with van der Waals surface area (Å²) in [5, 5.41) is 13.5. The summed E-state index contributed by atoms with van der Waals surface area (Å²) >= 11 is 12.4. The molecule has 1 aliphatic rings. The number of nitrogens with one attached hydrogen (secondary N) is 3. The predicted molar refractivity (Wildman–Crippen MR) is 124 cm³/mol. The summed E-state index contributed by atoms with van der Waals surface area (Å²) in [6, 6.07) is 11.4. The Morgan fingerprint density at radius 3 is 2.38 bits per heavy atom. The number of carbonyl (C=O) groups is 2. The summed E-state index contributed by atoms with van der Waals surface area (Å²) in [4.78, 5) is 27.4. The van der Waals surface area contributed by atoms with Crippen molar-refractivity contribution in [3.05, 3.63) is 69.3 Å². The number of rotatable bonds is 4. The number of aromatic nitrogens is 2. The van der Waals surface area contributed by atoms with E-state index in [1.165, 1.54) is 0 Å². The van der Waals surface area contributed by atoms with Gasteiger partial charge in [0, 0.05) is 11.1 Å². The molecule has 1 aromatic heterocycles. The van der Waals surface area contributed by atoms with Gasteiger partial charge in [-0.3, -0.25) is 9.89 Å². The average molecular weight is 474 g/mol. The second kappa shape index (κ2) is 8.37. The van der Waals surface area contributed by atoms with Gasteiger partial charge in [-0.15, -0.1) is 0 Å². The number of H-pyrrole nitrogens is 1. The van der Waals surface area contributed by atoms with Gasteiger partial charge in [-0.25, -0.2) is 4.79 Å². The van der Waals surface area contributed by atoms with Crippen molar-refractivity contribution >= 4 is 46.6 Å². The second-order valence-electron chi connectivity index (χ2n) is 7.78. The van der Waals surface area contributed by atoms with E-state index in [0.717, 1.165) is 11.3 Å². The smallest absolute Gasteiger partial charge is 0.323 e. The Morgan fingerprint density at radius 1 is 1.09 bits per heavy atom. The Bertz CT molecular complexity index is 1170. The van der Waals surface area contributed by atoms with E-state index in [1.54, 1.807) is 54.5 Å². The van der Waals surface area contributed by atoms with Gasteiger partial charge >= 0.3 is 6.03 Å². The van der Waals surface area contributed by atoms with Crippen molar-refractivity contribution in [2.75, 3.05) is 17.7 Å². The zero-order valence-electron chi connectivity index (χ0n) is 17.6. The number of hydrogen-bond acceptors (Lipinski definition) is 4. The zero-order valence-corrected chi connectivity index (χ0v) is 19.1. The fraction of sp³-hybridized carbons (Fsp3) is 0.227. The number of halogens is 2. The van der Waals surface area contributed by atoms with Crippen LogP contribution in [0.3, 0.4) is 0 Å². The van der Waals surface area contributed by atoms with E-state index in [1.807, 2.05) is 13.8 Å². The van der Waals surface area contributed by atoms with Gasteiger partial charge < -0.3 is 20.3 Å². The Morgan fingerprint density at radius 2 is 1.75 bits per heavy atom. The summed E-state index contributed by atoms with van der Waals surface area (Å²) in [6.45, 7) is 4.02. The molecule has 0 spiro atoms. The Balaban J connectivity index is 1.54. The highest BCUT2D eigenvalue weighted by molar-refractivity contribution is 6.39. The molecule has 3 amide bonds. The van der Waals surface area contributed by atoms with Crippen LogP contribution in [0.2, 0.25) is 10.0 Å². The summed E-state index contributed by atoms with van der Waals surface area (Å²) in [7, 11) is 1.56. The third kappa shape index (κ3) is 3.87. The first-order valence-electron chi connectivity index (χ1n) is 9.78. The van der Waals surface area contributed by atoms with Crippen LogP contribution in [0.1, 0.15) is 35.5 Å². The van der Waals surface area contributed by atoms with Crippen molar-refractivity contribution in [3.8, 4) is 5.75 Å². The lowest BCUT2D eigenvalue weighted by atomic mass is 10.0. The van der Waals surface area contributed by atoms with Crippen molar-refractivity contribution < 1.29 is 14.3 Å². The molecule has 8 nitrogen and oxygen atoms in total. The molecule has 1 aliphatic heterocycles. The van der Waals surface area contributed by atoms with Crippen LogP contribution in [-0.4, -0.2) is 34.1 Å². The largest absolute Gasteiger partial charge is 0.497 e. The summed E-state index contributed by atoms with van der Waals surface area (Å²) in [5.74, 6) is 0.717. The molecule has 2 heterocycles. The number of amides is 3. The van der Waals surface area contributed by atoms with E-state index >= 15 is 0 Å². The molecule has 0 aliphatic carbocycles. The van der Waals surface area contributed by atoms with E-state index in [0.29, 0.717) is 32.9 Å². The topological polar surface area (TPSA) is 99.3 Å². The fourth-order valence-electron chi connectivity index (χ4n) is 3.66. The number of fused-ring (bicyclic) bond motifs is 1. The predicted octanol–water partition coefficient (Wildman–Crippen LogP) is 5.26. The molecule has 0 radical (unpaired) electrons. The number of nitrogens with zero attached hydrogens (tertiary/aromatic N) is 2. The van der Waals surface area contributed by atoms with E-state index < -0.39 is 5.54 Å². The highest BCUT2D eigenvalue weighted by atomic mass is 35.5. The first-order chi connectivity index (χ1) is 15.2. The zero-order chi connectivity index (χ0) is 23.0. The number of anilines is 2. The average Bonchev–Trinajstić information content (AvgIpc) is 3.29. The van der Waals surface area contributed by atoms with E-state index in [2.05, 4.69) is 20.8 Å². The van der Waals surface area contributed by atoms with E-state index in [9.17, 15) is 9.59 Å². The lowest BCUT2D eigenvalue weighted by Gasteiger charge is -2.32. The van der Waals surface area contributed by atoms with Crippen molar-refractivity contribution in [1.82, 2.24) is 15.1 Å². The Hall–Kier alpha value is -3.23. The van der Waals surface area contributed by atoms with E-state index in [4.69, 9.17) is 27.9 Å². The number of urea groups is 1. The minimum absolute atomic E-state index is 0.241. The standard InChI is InChI=1S/C22H21Cl2N5O3/c1-22(2)18-14(11-29(22)21(31)25-17-15(23)5-4-6-16(17)24)19(28-27-18)26-20(30)12-7-9-13(32-3)10-8-12/h4-10H,11H2,1-3H3,(H,25,31)(H2,26,27,28,30). The summed E-state index contributed by atoms with van der Waals surface area (Å²) < 4.78 is 5.12. The second-order valence-corrected chi connectivity index (χ2v) is 8.59. The van der Waals surface area contributed by atoms with Gasteiger partial charge in [-0.1, -0.05) is 29.3 Å². The maximum atomic E-state index is 13.1. The molecule has 0 bridgehead atoms.